The Hall–Kier alpha value is -1.73. The van der Waals surface area contributed by atoms with Gasteiger partial charge in [-0.2, -0.15) is 13.5 Å². The van der Waals surface area contributed by atoms with Gasteiger partial charge >= 0.3 is 0 Å². The Kier molecular flexibility index (Phi) is 3.44. The topological polar surface area (TPSA) is 84.1 Å². The van der Waals surface area contributed by atoms with E-state index in [1.165, 1.54) is 25.4 Å². The van der Waals surface area contributed by atoms with Gasteiger partial charge in [-0.05, 0) is 18.2 Å². The highest BCUT2D eigenvalue weighted by Crippen LogP contribution is 2.28. The van der Waals surface area contributed by atoms with Crippen LogP contribution in [0.4, 0.5) is 5.69 Å². The number of H-pyrrole nitrogens is 1. The molecular weight excluding hydrogens is 278 g/mol. The highest BCUT2D eigenvalue weighted by molar-refractivity contribution is 7.92. The van der Waals surface area contributed by atoms with E-state index in [1.807, 2.05) is 0 Å². The first-order valence-corrected chi connectivity index (χ1v) is 6.75. The molecule has 0 aliphatic carbocycles. The fourth-order valence-corrected chi connectivity index (χ4v) is 2.48. The Bertz CT molecular complexity index is 640. The van der Waals surface area contributed by atoms with Gasteiger partial charge in [-0.15, -0.1) is 0 Å². The fourth-order valence-electron chi connectivity index (χ4n) is 1.33. The molecule has 0 unspecified atom stereocenters. The van der Waals surface area contributed by atoms with Gasteiger partial charge in [-0.3, -0.25) is 9.82 Å². The lowest BCUT2D eigenvalue weighted by Crippen LogP contribution is -2.13. The number of methoxy groups -OCH3 is 1. The lowest BCUT2D eigenvalue weighted by atomic mass is 10.3. The van der Waals surface area contributed by atoms with Gasteiger partial charge in [-0.1, -0.05) is 11.6 Å². The number of ether oxygens (including phenoxy) is 1. The van der Waals surface area contributed by atoms with E-state index in [-0.39, 0.29) is 5.03 Å². The van der Waals surface area contributed by atoms with Crippen LogP contribution in [-0.2, 0) is 10.0 Å². The molecule has 0 fully saturated rings. The van der Waals surface area contributed by atoms with E-state index in [1.54, 1.807) is 12.1 Å². The number of benzene rings is 1. The van der Waals surface area contributed by atoms with Crippen LogP contribution < -0.4 is 9.46 Å². The highest BCUT2D eigenvalue weighted by Gasteiger charge is 2.16. The van der Waals surface area contributed by atoms with Crippen LogP contribution in [0.3, 0.4) is 0 Å². The number of hydrogen-bond donors (Lipinski definition) is 2. The monoisotopic (exact) mass is 287 g/mol. The maximum atomic E-state index is 11.9. The molecule has 8 heteroatoms. The average molecular weight is 288 g/mol. The predicted molar refractivity (Wildman–Crippen MR) is 67.4 cm³/mol. The van der Waals surface area contributed by atoms with E-state index in [0.29, 0.717) is 16.5 Å². The lowest BCUT2D eigenvalue weighted by Gasteiger charge is -2.08. The number of nitrogens with zero attached hydrogens (tertiary/aromatic N) is 1. The number of aromatic amines is 1. The summed E-state index contributed by atoms with van der Waals surface area (Å²) in [6, 6.07) is 5.94. The van der Waals surface area contributed by atoms with E-state index >= 15 is 0 Å². The number of rotatable bonds is 4. The van der Waals surface area contributed by atoms with Crippen LogP contribution in [-0.4, -0.2) is 25.7 Å². The summed E-state index contributed by atoms with van der Waals surface area (Å²) in [6.07, 6.45) is 1.36. The molecule has 1 aromatic carbocycles. The van der Waals surface area contributed by atoms with Crippen LogP contribution in [0, 0.1) is 0 Å². The maximum absolute atomic E-state index is 11.9. The minimum atomic E-state index is -3.67. The van der Waals surface area contributed by atoms with Gasteiger partial charge in [0.05, 0.1) is 24.0 Å². The van der Waals surface area contributed by atoms with Crippen molar-refractivity contribution < 1.29 is 13.2 Å². The Balaban J connectivity index is 2.30. The molecule has 2 rings (SSSR count). The third-order valence-electron chi connectivity index (χ3n) is 2.17. The first-order chi connectivity index (χ1) is 8.53. The Labute approximate surface area is 109 Å². The van der Waals surface area contributed by atoms with Gasteiger partial charge in [-0.25, -0.2) is 0 Å². The summed E-state index contributed by atoms with van der Waals surface area (Å²) in [7, 11) is -2.22. The van der Waals surface area contributed by atoms with Gasteiger partial charge in [0.1, 0.15) is 5.75 Å². The van der Waals surface area contributed by atoms with Crippen molar-refractivity contribution in [2.24, 2.45) is 0 Å². The zero-order valence-corrected chi connectivity index (χ0v) is 10.9. The number of hydrogen-bond acceptors (Lipinski definition) is 4. The Morgan fingerprint density at radius 1 is 1.39 bits per heavy atom. The largest absolute Gasteiger partial charge is 0.495 e. The van der Waals surface area contributed by atoms with Gasteiger partial charge in [0, 0.05) is 6.07 Å². The van der Waals surface area contributed by atoms with Crippen molar-refractivity contribution in [1.29, 1.82) is 0 Å². The molecule has 0 radical (unpaired) electrons. The first kappa shape index (κ1) is 12.7. The summed E-state index contributed by atoms with van der Waals surface area (Å²) in [5.74, 6) is 0.390. The summed E-state index contributed by atoms with van der Waals surface area (Å²) in [6.45, 7) is 0. The second-order valence-corrected chi connectivity index (χ2v) is 5.43. The molecular formula is C10H10ClN3O3S. The Morgan fingerprint density at radius 2 is 2.17 bits per heavy atom. The fraction of sp³-hybridized carbons (Fsp3) is 0.100. The molecule has 0 spiro atoms. The van der Waals surface area contributed by atoms with Crippen molar-refractivity contribution in [3.63, 3.8) is 0 Å². The Morgan fingerprint density at radius 3 is 2.78 bits per heavy atom. The van der Waals surface area contributed by atoms with Gasteiger partial charge in [0.25, 0.3) is 10.0 Å². The standard InChI is InChI=1S/C10H10ClN3O3S/c1-17-9-6-7(2-3-8(9)11)14-18(15,16)10-4-5-12-13-10/h2-6,14H,1H3,(H,12,13). The SMILES string of the molecule is COc1cc(NS(=O)(=O)c2ccn[nH]2)ccc1Cl. The normalized spacial score (nSPS) is 11.2. The third-order valence-corrected chi connectivity index (χ3v) is 3.79. The molecule has 0 amide bonds. The van der Waals surface area contributed by atoms with E-state index in [2.05, 4.69) is 14.9 Å². The smallest absolute Gasteiger partial charge is 0.278 e. The molecule has 1 heterocycles. The molecule has 0 bridgehead atoms. The molecule has 18 heavy (non-hydrogen) atoms. The summed E-state index contributed by atoms with van der Waals surface area (Å²) in [5.41, 5.74) is 0.353. The number of anilines is 1. The molecule has 96 valence electrons. The van der Waals surface area contributed by atoms with Crippen molar-refractivity contribution in [2.45, 2.75) is 5.03 Å². The molecule has 2 aromatic rings. The molecule has 2 N–H and O–H groups in total. The summed E-state index contributed by atoms with van der Waals surface area (Å²) in [5, 5.41) is 6.36. The van der Waals surface area contributed by atoms with Crippen LogP contribution in [0.15, 0.2) is 35.5 Å². The quantitative estimate of drug-likeness (QED) is 0.899. The number of sulfonamides is 1. The molecule has 6 nitrogen and oxygen atoms in total. The number of halogens is 1. The van der Waals surface area contributed by atoms with Crippen molar-refractivity contribution in [1.82, 2.24) is 10.2 Å². The van der Waals surface area contributed by atoms with Crippen molar-refractivity contribution in [3.8, 4) is 5.75 Å². The minimum absolute atomic E-state index is 0.0172. The zero-order valence-electron chi connectivity index (χ0n) is 9.34. The van der Waals surface area contributed by atoms with Crippen LogP contribution in [0.25, 0.3) is 0 Å². The van der Waals surface area contributed by atoms with Crippen molar-refractivity contribution >= 4 is 27.3 Å². The highest BCUT2D eigenvalue weighted by atomic mass is 35.5. The van der Waals surface area contributed by atoms with E-state index in [0.717, 1.165) is 0 Å². The molecule has 0 saturated heterocycles. The summed E-state index contributed by atoms with van der Waals surface area (Å²) < 4.78 is 31.2. The van der Waals surface area contributed by atoms with Gasteiger partial charge in [0.2, 0.25) is 0 Å². The van der Waals surface area contributed by atoms with Gasteiger partial charge < -0.3 is 4.74 Å². The lowest BCUT2D eigenvalue weighted by molar-refractivity contribution is 0.415. The third kappa shape index (κ3) is 2.57. The number of aromatic nitrogens is 2. The van der Waals surface area contributed by atoms with E-state index < -0.39 is 10.0 Å². The zero-order chi connectivity index (χ0) is 13.2. The van der Waals surface area contributed by atoms with Crippen molar-refractivity contribution in [3.05, 3.63) is 35.5 Å². The van der Waals surface area contributed by atoms with Gasteiger partial charge in [0.15, 0.2) is 5.03 Å². The average Bonchev–Trinajstić information content (AvgIpc) is 2.85. The van der Waals surface area contributed by atoms with E-state index in [9.17, 15) is 8.42 Å². The molecule has 0 atom stereocenters. The molecule has 0 aliphatic rings. The van der Waals surface area contributed by atoms with Crippen molar-refractivity contribution in [2.75, 3.05) is 11.8 Å². The predicted octanol–water partition coefficient (Wildman–Crippen LogP) is 1.87. The van der Waals surface area contributed by atoms with Crippen LogP contribution in [0.1, 0.15) is 0 Å². The molecule has 1 aromatic heterocycles. The molecule has 0 aliphatic heterocycles. The summed E-state index contributed by atoms with van der Waals surface area (Å²) >= 11 is 5.85. The summed E-state index contributed by atoms with van der Waals surface area (Å²) in [4.78, 5) is 0. The van der Waals surface area contributed by atoms with Crippen LogP contribution in [0.5, 0.6) is 5.75 Å². The second-order valence-electron chi connectivity index (χ2n) is 3.38. The van der Waals surface area contributed by atoms with Crippen LogP contribution >= 0.6 is 11.6 Å². The second kappa shape index (κ2) is 4.87. The van der Waals surface area contributed by atoms with E-state index in [4.69, 9.17) is 16.3 Å². The van der Waals surface area contributed by atoms with Crippen LogP contribution in [0.2, 0.25) is 5.02 Å². The maximum Gasteiger partial charge on any atom is 0.278 e. The first-order valence-electron chi connectivity index (χ1n) is 4.88. The minimum Gasteiger partial charge on any atom is -0.495 e. The number of nitrogens with one attached hydrogen (secondary N) is 2. The molecule has 0 saturated carbocycles.